The summed E-state index contributed by atoms with van der Waals surface area (Å²) in [4.78, 5) is 15.8. The first-order valence-corrected chi connectivity index (χ1v) is 6.18. The van der Waals surface area contributed by atoms with E-state index in [1.165, 1.54) is 12.7 Å². The summed E-state index contributed by atoms with van der Waals surface area (Å²) in [5.74, 6) is 1.69. The van der Waals surface area contributed by atoms with Crippen LogP contribution in [0.4, 0.5) is 0 Å². The van der Waals surface area contributed by atoms with E-state index in [9.17, 15) is 0 Å². The van der Waals surface area contributed by atoms with Gasteiger partial charge in [0.2, 0.25) is 0 Å². The molecule has 0 spiro atoms. The lowest BCUT2D eigenvalue weighted by Crippen LogP contribution is -2.09. The van der Waals surface area contributed by atoms with E-state index in [1.807, 2.05) is 0 Å². The van der Waals surface area contributed by atoms with Crippen molar-refractivity contribution in [1.29, 1.82) is 0 Å². The molecule has 0 bridgehead atoms. The Bertz CT molecular complexity index is 432. The van der Waals surface area contributed by atoms with E-state index in [0.717, 1.165) is 42.8 Å². The number of rotatable bonds is 6. The van der Waals surface area contributed by atoms with Crippen LogP contribution in [0.5, 0.6) is 0 Å². The number of fused-ring (bicyclic) bond motifs is 1. The molecule has 2 rings (SSSR count). The molecule has 3 N–H and O–H groups in total. The lowest BCUT2D eigenvalue weighted by atomic mass is 9.97. The SMILES string of the molecule is CCC(CCN)CCc1nc2ncncc2[nH]1. The van der Waals surface area contributed by atoms with Crippen molar-refractivity contribution in [2.75, 3.05) is 6.54 Å². The average molecular weight is 233 g/mol. The Morgan fingerprint density at radius 1 is 1.41 bits per heavy atom. The monoisotopic (exact) mass is 233 g/mol. The number of hydrogen-bond acceptors (Lipinski definition) is 4. The molecule has 0 saturated carbocycles. The predicted molar refractivity (Wildman–Crippen MR) is 67.5 cm³/mol. The third-order valence-electron chi connectivity index (χ3n) is 3.15. The Balaban J connectivity index is 1.98. The van der Waals surface area contributed by atoms with Crippen molar-refractivity contribution in [1.82, 2.24) is 19.9 Å². The van der Waals surface area contributed by atoms with Gasteiger partial charge < -0.3 is 10.7 Å². The zero-order chi connectivity index (χ0) is 12.1. The number of nitrogens with two attached hydrogens (primary N) is 1. The predicted octanol–water partition coefficient (Wildman–Crippen LogP) is 1.66. The number of nitrogens with zero attached hydrogens (tertiary/aromatic N) is 3. The maximum Gasteiger partial charge on any atom is 0.180 e. The summed E-state index contributed by atoms with van der Waals surface area (Å²) in [6.45, 7) is 2.98. The second-order valence-corrected chi connectivity index (χ2v) is 4.33. The summed E-state index contributed by atoms with van der Waals surface area (Å²) in [6.07, 6.45) is 7.63. The highest BCUT2D eigenvalue weighted by atomic mass is 15.0. The quantitative estimate of drug-likeness (QED) is 0.795. The van der Waals surface area contributed by atoms with Crippen molar-refractivity contribution >= 4 is 11.2 Å². The molecule has 5 heteroatoms. The molecular formula is C12H19N5. The van der Waals surface area contributed by atoms with Gasteiger partial charge in [-0.1, -0.05) is 13.3 Å². The number of imidazole rings is 1. The normalized spacial score (nSPS) is 13.1. The van der Waals surface area contributed by atoms with Crippen LogP contribution >= 0.6 is 0 Å². The van der Waals surface area contributed by atoms with Crippen LogP contribution in [0.3, 0.4) is 0 Å². The van der Waals surface area contributed by atoms with Gasteiger partial charge in [-0.05, 0) is 25.3 Å². The van der Waals surface area contributed by atoms with Crippen molar-refractivity contribution in [3.8, 4) is 0 Å². The van der Waals surface area contributed by atoms with Gasteiger partial charge in [0, 0.05) is 6.42 Å². The molecular weight excluding hydrogens is 214 g/mol. The molecule has 0 saturated heterocycles. The van der Waals surface area contributed by atoms with Crippen molar-refractivity contribution in [3.05, 3.63) is 18.3 Å². The molecule has 0 aliphatic heterocycles. The summed E-state index contributed by atoms with van der Waals surface area (Å²) >= 11 is 0. The van der Waals surface area contributed by atoms with E-state index < -0.39 is 0 Å². The van der Waals surface area contributed by atoms with Crippen LogP contribution in [0.1, 0.15) is 32.0 Å². The van der Waals surface area contributed by atoms with Crippen molar-refractivity contribution in [2.24, 2.45) is 11.7 Å². The van der Waals surface area contributed by atoms with Gasteiger partial charge in [0.1, 0.15) is 17.7 Å². The summed E-state index contributed by atoms with van der Waals surface area (Å²) in [6, 6.07) is 0. The minimum absolute atomic E-state index is 0.694. The van der Waals surface area contributed by atoms with E-state index in [2.05, 4.69) is 26.9 Å². The minimum atomic E-state index is 0.694. The largest absolute Gasteiger partial charge is 0.339 e. The van der Waals surface area contributed by atoms with Crippen LogP contribution in [-0.4, -0.2) is 26.5 Å². The standard InChI is InChI=1S/C12H19N5/c1-2-9(5-6-13)3-4-11-16-10-7-14-8-15-12(10)17-11/h7-9H,2-6,13H2,1H3,(H,14,15,16,17). The number of aromatic amines is 1. The molecule has 17 heavy (non-hydrogen) atoms. The van der Waals surface area contributed by atoms with Crippen molar-refractivity contribution in [2.45, 2.75) is 32.6 Å². The zero-order valence-electron chi connectivity index (χ0n) is 10.2. The van der Waals surface area contributed by atoms with Crippen molar-refractivity contribution < 1.29 is 0 Å². The molecule has 5 nitrogen and oxygen atoms in total. The average Bonchev–Trinajstić information content (AvgIpc) is 2.77. The Labute approximate surface area is 101 Å². The fourth-order valence-corrected chi connectivity index (χ4v) is 2.06. The maximum absolute atomic E-state index is 5.59. The van der Waals surface area contributed by atoms with Crippen LogP contribution in [-0.2, 0) is 6.42 Å². The molecule has 0 aromatic carbocycles. The van der Waals surface area contributed by atoms with Crippen LogP contribution in [0.2, 0.25) is 0 Å². The maximum atomic E-state index is 5.59. The fourth-order valence-electron chi connectivity index (χ4n) is 2.06. The first-order valence-electron chi connectivity index (χ1n) is 6.18. The second-order valence-electron chi connectivity index (χ2n) is 4.33. The van der Waals surface area contributed by atoms with Gasteiger partial charge in [0.15, 0.2) is 5.65 Å². The van der Waals surface area contributed by atoms with Crippen LogP contribution in [0.15, 0.2) is 12.5 Å². The Kier molecular flexibility index (Phi) is 4.03. The minimum Gasteiger partial charge on any atom is -0.339 e. The Hall–Kier alpha value is -1.49. The number of aromatic nitrogens is 4. The highest BCUT2D eigenvalue weighted by Gasteiger charge is 2.08. The van der Waals surface area contributed by atoms with Crippen LogP contribution in [0.25, 0.3) is 11.2 Å². The summed E-state index contributed by atoms with van der Waals surface area (Å²) < 4.78 is 0. The van der Waals surface area contributed by atoms with E-state index in [-0.39, 0.29) is 0 Å². The Morgan fingerprint density at radius 3 is 3.00 bits per heavy atom. The molecule has 2 aromatic heterocycles. The lowest BCUT2D eigenvalue weighted by molar-refractivity contribution is 0.440. The zero-order valence-corrected chi connectivity index (χ0v) is 10.2. The van der Waals surface area contributed by atoms with Crippen molar-refractivity contribution in [3.63, 3.8) is 0 Å². The summed E-state index contributed by atoms with van der Waals surface area (Å²) in [5.41, 5.74) is 7.26. The smallest absolute Gasteiger partial charge is 0.180 e. The van der Waals surface area contributed by atoms with E-state index >= 15 is 0 Å². The van der Waals surface area contributed by atoms with Gasteiger partial charge in [-0.2, -0.15) is 0 Å². The third-order valence-corrected chi connectivity index (χ3v) is 3.15. The molecule has 2 heterocycles. The van der Waals surface area contributed by atoms with Crippen LogP contribution in [0, 0.1) is 5.92 Å². The number of H-pyrrole nitrogens is 1. The van der Waals surface area contributed by atoms with Gasteiger partial charge in [0.05, 0.1) is 6.20 Å². The first kappa shape index (κ1) is 12.0. The summed E-state index contributed by atoms with van der Waals surface area (Å²) in [7, 11) is 0. The topological polar surface area (TPSA) is 80.5 Å². The van der Waals surface area contributed by atoms with Crippen LogP contribution < -0.4 is 5.73 Å². The van der Waals surface area contributed by atoms with Gasteiger partial charge in [0.25, 0.3) is 0 Å². The molecule has 0 radical (unpaired) electrons. The van der Waals surface area contributed by atoms with Gasteiger partial charge in [-0.15, -0.1) is 0 Å². The highest BCUT2D eigenvalue weighted by molar-refractivity contribution is 5.68. The molecule has 0 aliphatic rings. The van der Waals surface area contributed by atoms with E-state index in [0.29, 0.717) is 5.92 Å². The molecule has 0 aliphatic carbocycles. The number of hydrogen-bond donors (Lipinski definition) is 2. The summed E-state index contributed by atoms with van der Waals surface area (Å²) in [5, 5.41) is 0. The highest BCUT2D eigenvalue weighted by Crippen LogP contribution is 2.16. The lowest BCUT2D eigenvalue weighted by Gasteiger charge is -2.11. The Morgan fingerprint density at radius 2 is 2.29 bits per heavy atom. The van der Waals surface area contributed by atoms with Gasteiger partial charge >= 0.3 is 0 Å². The van der Waals surface area contributed by atoms with E-state index in [1.54, 1.807) is 6.20 Å². The molecule has 1 unspecified atom stereocenters. The first-order chi connectivity index (χ1) is 8.33. The molecule has 2 aromatic rings. The molecule has 92 valence electrons. The number of aryl methyl sites for hydroxylation is 1. The molecule has 1 atom stereocenters. The molecule has 0 amide bonds. The van der Waals surface area contributed by atoms with Gasteiger partial charge in [-0.25, -0.2) is 15.0 Å². The second kappa shape index (κ2) is 5.72. The van der Waals surface area contributed by atoms with Gasteiger partial charge in [-0.3, -0.25) is 0 Å². The number of nitrogens with one attached hydrogen (secondary N) is 1. The third kappa shape index (κ3) is 3.00. The van der Waals surface area contributed by atoms with E-state index in [4.69, 9.17) is 5.73 Å². The fraction of sp³-hybridized carbons (Fsp3) is 0.583. The molecule has 0 fully saturated rings.